The first kappa shape index (κ1) is 26.0. The fraction of sp³-hybridized carbons (Fsp3) is 0.348. The molecule has 0 bridgehead atoms. The maximum absolute atomic E-state index is 13.0. The molecule has 2 aromatic carbocycles. The number of carbonyl (C=O) groups is 2. The number of sulfonamides is 1. The summed E-state index contributed by atoms with van der Waals surface area (Å²) in [5.41, 5.74) is 1.65. The quantitative estimate of drug-likeness (QED) is 0.327. The van der Waals surface area contributed by atoms with Crippen LogP contribution in [0, 0.1) is 12.3 Å². The van der Waals surface area contributed by atoms with E-state index in [0.29, 0.717) is 47.7 Å². The summed E-state index contributed by atoms with van der Waals surface area (Å²) in [5.74, 6) is 0.0373. The van der Waals surface area contributed by atoms with Crippen LogP contribution in [0.2, 0.25) is 0 Å². The van der Waals surface area contributed by atoms with Gasteiger partial charge in [-0.1, -0.05) is 12.1 Å². The second-order valence-electron chi connectivity index (χ2n) is 8.13. The maximum Gasteiger partial charge on any atom is 0.247 e. The molecule has 1 aliphatic rings. The van der Waals surface area contributed by atoms with Gasteiger partial charge in [0.15, 0.2) is 17.5 Å². The molecule has 12 heteroatoms. The number of likely N-dealkylation sites (tertiary alicyclic amines) is 1. The van der Waals surface area contributed by atoms with Crippen LogP contribution >= 0.6 is 0 Å². The van der Waals surface area contributed by atoms with Crippen molar-refractivity contribution in [2.24, 2.45) is 5.14 Å². The van der Waals surface area contributed by atoms with Crippen LogP contribution in [0.5, 0.6) is 11.5 Å². The average molecular weight is 504 g/mol. The predicted molar refractivity (Wildman–Crippen MR) is 130 cm³/mol. The van der Waals surface area contributed by atoms with E-state index in [1.165, 1.54) is 31.3 Å². The van der Waals surface area contributed by atoms with Gasteiger partial charge in [-0.15, -0.1) is 0 Å². The lowest BCUT2D eigenvalue weighted by Crippen LogP contribution is -2.50. The van der Waals surface area contributed by atoms with E-state index in [4.69, 9.17) is 20.0 Å². The van der Waals surface area contributed by atoms with Crippen LogP contribution in [-0.4, -0.2) is 57.9 Å². The number of nitrogens with one attached hydrogen (secondary N) is 3. The van der Waals surface area contributed by atoms with E-state index in [0.717, 1.165) is 0 Å². The van der Waals surface area contributed by atoms with Crippen molar-refractivity contribution in [1.29, 1.82) is 5.41 Å². The van der Waals surface area contributed by atoms with Crippen LogP contribution in [0.1, 0.15) is 24.0 Å². The number of hydrogen-bond acceptors (Lipinski definition) is 7. The molecule has 2 aromatic rings. The molecule has 1 fully saturated rings. The summed E-state index contributed by atoms with van der Waals surface area (Å²) >= 11 is 0. The number of anilines is 1. The third kappa shape index (κ3) is 6.28. The van der Waals surface area contributed by atoms with E-state index in [1.807, 2.05) is 0 Å². The fourth-order valence-electron chi connectivity index (χ4n) is 3.86. The Morgan fingerprint density at radius 3 is 2.51 bits per heavy atom. The van der Waals surface area contributed by atoms with E-state index in [1.54, 1.807) is 31.2 Å². The number of rotatable bonds is 7. The topological polar surface area (TPSA) is 164 Å². The molecule has 0 radical (unpaired) electrons. The molecule has 1 atom stereocenters. The summed E-state index contributed by atoms with van der Waals surface area (Å²) in [6.45, 7) is 2.15. The van der Waals surface area contributed by atoms with Gasteiger partial charge in [-0.2, -0.15) is 0 Å². The van der Waals surface area contributed by atoms with Crippen molar-refractivity contribution in [2.45, 2.75) is 37.1 Å². The summed E-state index contributed by atoms with van der Waals surface area (Å²) in [6.07, 6.45) is 1.14. The van der Waals surface area contributed by atoms with Crippen molar-refractivity contribution < 1.29 is 27.5 Å². The number of carbonyl (C=O) groups excluding carboxylic acids is 2. The van der Waals surface area contributed by atoms with Gasteiger partial charge in [0.1, 0.15) is 6.04 Å². The highest BCUT2D eigenvalue weighted by molar-refractivity contribution is 7.89. The van der Waals surface area contributed by atoms with Crippen LogP contribution in [0.25, 0.3) is 0 Å². The van der Waals surface area contributed by atoms with E-state index in [-0.39, 0.29) is 17.3 Å². The van der Waals surface area contributed by atoms with Crippen LogP contribution in [0.4, 0.5) is 5.69 Å². The van der Waals surface area contributed by atoms with Crippen molar-refractivity contribution in [3.8, 4) is 11.5 Å². The van der Waals surface area contributed by atoms with Crippen molar-refractivity contribution in [2.75, 3.05) is 26.1 Å². The minimum absolute atomic E-state index is 0.00693. The molecule has 188 valence electrons. The zero-order valence-corrected chi connectivity index (χ0v) is 20.6. The number of benzene rings is 2. The fourth-order valence-corrected chi connectivity index (χ4v) is 4.40. The Morgan fingerprint density at radius 2 is 1.86 bits per heavy atom. The second kappa shape index (κ2) is 10.7. The SMILES string of the molecule is COc1ccc(CC(=O)NC(=N)N2CCC[C@@H]2C(=O)Nc2cc(S(N)(=O)=O)ccc2C)cc1OC. The largest absolute Gasteiger partial charge is 0.493 e. The van der Waals surface area contributed by atoms with Crippen molar-refractivity contribution in [3.05, 3.63) is 47.5 Å². The molecule has 35 heavy (non-hydrogen) atoms. The standard InChI is InChI=1S/C23H29N5O6S/c1-14-6-8-16(35(25,31)32)13-17(14)26-22(30)18-5-4-10-28(18)23(24)27-21(29)12-15-7-9-19(33-2)20(11-15)34-3/h6-9,11,13,18H,4-5,10,12H2,1-3H3,(H,26,30)(H2,24,27,29)(H2,25,31,32)/t18-/m1/s1. The highest BCUT2D eigenvalue weighted by atomic mass is 32.2. The number of guanidine groups is 1. The molecule has 0 saturated carbocycles. The Morgan fingerprint density at radius 1 is 1.14 bits per heavy atom. The normalized spacial score (nSPS) is 15.4. The van der Waals surface area contributed by atoms with Crippen molar-refractivity contribution >= 4 is 33.5 Å². The minimum atomic E-state index is -3.93. The summed E-state index contributed by atoms with van der Waals surface area (Å²) in [4.78, 5) is 26.9. The number of ether oxygens (including phenoxy) is 2. The van der Waals surface area contributed by atoms with Gasteiger partial charge < -0.3 is 19.7 Å². The Bertz CT molecular complexity index is 1250. The Labute approximate surface area is 204 Å². The molecule has 0 spiro atoms. The zero-order chi connectivity index (χ0) is 25.8. The van der Waals surface area contributed by atoms with Gasteiger partial charge in [0, 0.05) is 12.2 Å². The lowest BCUT2D eigenvalue weighted by atomic mass is 10.1. The molecule has 0 aromatic heterocycles. The van der Waals surface area contributed by atoms with E-state index >= 15 is 0 Å². The van der Waals surface area contributed by atoms with Gasteiger partial charge in [0.25, 0.3) is 0 Å². The highest BCUT2D eigenvalue weighted by Crippen LogP contribution is 2.28. The molecule has 2 amide bonds. The Kier molecular flexibility index (Phi) is 7.97. The molecule has 0 aliphatic carbocycles. The molecule has 3 rings (SSSR count). The molecule has 1 aliphatic heterocycles. The Hall–Kier alpha value is -3.64. The smallest absolute Gasteiger partial charge is 0.247 e. The number of primary sulfonamides is 1. The molecule has 1 saturated heterocycles. The summed E-state index contributed by atoms with van der Waals surface area (Å²) in [7, 11) is -0.904. The second-order valence-corrected chi connectivity index (χ2v) is 9.69. The molecular weight excluding hydrogens is 474 g/mol. The van der Waals surface area contributed by atoms with Crippen molar-refractivity contribution in [1.82, 2.24) is 10.2 Å². The van der Waals surface area contributed by atoms with E-state index in [9.17, 15) is 18.0 Å². The molecule has 5 N–H and O–H groups in total. The molecule has 1 heterocycles. The number of methoxy groups -OCH3 is 2. The van der Waals surface area contributed by atoms with Gasteiger partial charge >= 0.3 is 0 Å². The van der Waals surface area contributed by atoms with Crippen LogP contribution in [0.3, 0.4) is 0 Å². The van der Waals surface area contributed by atoms with Gasteiger partial charge in [-0.25, -0.2) is 13.6 Å². The van der Waals surface area contributed by atoms with Gasteiger partial charge in [-0.3, -0.25) is 20.3 Å². The Balaban J connectivity index is 1.66. The summed E-state index contributed by atoms with van der Waals surface area (Å²) in [5, 5.41) is 18.8. The van der Waals surface area contributed by atoms with Crippen LogP contribution in [0.15, 0.2) is 41.3 Å². The van der Waals surface area contributed by atoms with Gasteiger partial charge in [0.05, 0.1) is 25.5 Å². The first-order valence-corrected chi connectivity index (χ1v) is 12.4. The highest BCUT2D eigenvalue weighted by Gasteiger charge is 2.33. The number of amides is 2. The first-order chi connectivity index (χ1) is 16.5. The van der Waals surface area contributed by atoms with Gasteiger partial charge in [-0.05, 0) is 55.2 Å². The first-order valence-electron chi connectivity index (χ1n) is 10.8. The summed E-state index contributed by atoms with van der Waals surface area (Å²) < 4.78 is 33.8. The third-order valence-electron chi connectivity index (χ3n) is 5.71. The maximum atomic E-state index is 13.0. The monoisotopic (exact) mass is 503 g/mol. The molecular formula is C23H29N5O6S. The average Bonchev–Trinajstić information content (AvgIpc) is 3.30. The minimum Gasteiger partial charge on any atom is -0.493 e. The molecule has 11 nitrogen and oxygen atoms in total. The predicted octanol–water partition coefficient (Wildman–Crippen LogP) is 1.36. The van der Waals surface area contributed by atoms with E-state index < -0.39 is 27.9 Å². The lowest BCUT2D eigenvalue weighted by Gasteiger charge is -2.26. The summed E-state index contributed by atoms with van der Waals surface area (Å²) in [6, 6.07) is 8.64. The number of hydrogen-bond donors (Lipinski definition) is 4. The van der Waals surface area contributed by atoms with Crippen LogP contribution in [-0.2, 0) is 26.0 Å². The molecule has 0 unspecified atom stereocenters. The number of nitrogens with two attached hydrogens (primary N) is 1. The number of nitrogens with zero attached hydrogens (tertiary/aromatic N) is 1. The third-order valence-corrected chi connectivity index (χ3v) is 6.62. The van der Waals surface area contributed by atoms with E-state index in [2.05, 4.69) is 10.6 Å². The van der Waals surface area contributed by atoms with Crippen molar-refractivity contribution in [3.63, 3.8) is 0 Å². The lowest BCUT2D eigenvalue weighted by molar-refractivity contribution is -0.121. The van der Waals surface area contributed by atoms with Crippen LogP contribution < -0.4 is 25.2 Å². The zero-order valence-electron chi connectivity index (χ0n) is 19.8. The number of aryl methyl sites for hydroxylation is 1. The van der Waals surface area contributed by atoms with Gasteiger partial charge in [0.2, 0.25) is 21.8 Å².